The number of rotatable bonds is 4. The van der Waals surface area contributed by atoms with Crippen LogP contribution in [0.25, 0.3) is 16.8 Å². The third-order valence-electron chi connectivity index (χ3n) is 6.76. The van der Waals surface area contributed by atoms with E-state index in [0.29, 0.717) is 17.6 Å². The van der Waals surface area contributed by atoms with E-state index >= 15 is 0 Å². The van der Waals surface area contributed by atoms with Crippen molar-refractivity contribution in [3.63, 3.8) is 0 Å². The zero-order chi connectivity index (χ0) is 17.7. The molecule has 4 bridgehead atoms. The summed E-state index contributed by atoms with van der Waals surface area (Å²) in [6.07, 6.45) is 9.13. The third-order valence-corrected chi connectivity index (χ3v) is 7.05. The normalized spacial score (nSPS) is 27.2. The van der Waals surface area contributed by atoms with E-state index in [1.165, 1.54) is 32.1 Å². The Hall–Kier alpha value is 0.140. The first-order valence-electron chi connectivity index (χ1n) is 9.62. The Morgan fingerprint density at radius 2 is 1.68 bits per heavy atom. The Kier molecular flexibility index (Phi) is 7.76. The summed E-state index contributed by atoms with van der Waals surface area (Å²) in [4.78, 5) is 0. The van der Waals surface area contributed by atoms with E-state index in [1.54, 1.807) is 12.7 Å². The molecule has 0 aliphatic heterocycles. The standard InChI is InChI=1S/C22H24O3P.2Na.2H/c1-24-21-11-15-4-2-3-5-18(15)22(25-26-23)20(21)12-19-16-7-13-6-14(9-16)10-17(19)8-13;;;;/h2-5,11-14,16-17,26H,6-10H2,1H3;;;;/q3*+1;2*-1. The van der Waals surface area contributed by atoms with Gasteiger partial charge in [0.15, 0.2) is 0 Å². The van der Waals surface area contributed by atoms with Crippen molar-refractivity contribution in [3.05, 3.63) is 41.5 Å². The van der Waals surface area contributed by atoms with E-state index in [1.807, 2.05) is 24.3 Å². The van der Waals surface area contributed by atoms with Gasteiger partial charge >= 0.3 is 67.8 Å². The Bertz CT molecular complexity index is 893. The van der Waals surface area contributed by atoms with Crippen LogP contribution < -0.4 is 68.4 Å². The minimum atomic E-state index is -0.825. The molecule has 4 fully saturated rings. The second kappa shape index (κ2) is 9.52. The molecule has 0 heterocycles. The number of fused-ring (bicyclic) bond motifs is 1. The van der Waals surface area contributed by atoms with Crippen molar-refractivity contribution in [1.82, 2.24) is 0 Å². The summed E-state index contributed by atoms with van der Waals surface area (Å²) in [5.41, 5.74) is 2.53. The van der Waals surface area contributed by atoms with Crippen LogP contribution in [0.2, 0.25) is 0 Å². The molecule has 6 rings (SSSR count). The van der Waals surface area contributed by atoms with Gasteiger partial charge in [0.25, 0.3) is 0 Å². The van der Waals surface area contributed by atoms with E-state index in [4.69, 9.17) is 9.26 Å². The first-order chi connectivity index (χ1) is 12.8. The molecule has 3 nitrogen and oxygen atoms in total. The molecule has 4 aliphatic carbocycles. The molecule has 1 unspecified atom stereocenters. The first-order valence-corrected chi connectivity index (χ1v) is 10.4. The number of methoxy groups -OCH3 is 1. The Balaban J connectivity index is 0.00000112. The molecule has 2 aromatic rings. The predicted molar refractivity (Wildman–Crippen MR) is 107 cm³/mol. The van der Waals surface area contributed by atoms with Gasteiger partial charge in [0, 0.05) is 5.39 Å². The van der Waals surface area contributed by atoms with Gasteiger partial charge in [0.2, 0.25) is 5.75 Å². The summed E-state index contributed by atoms with van der Waals surface area (Å²) in [6.45, 7) is 0. The molecule has 28 heavy (non-hydrogen) atoms. The van der Waals surface area contributed by atoms with Crippen LogP contribution in [0, 0.1) is 23.7 Å². The summed E-state index contributed by atoms with van der Waals surface area (Å²) < 4.78 is 22.7. The van der Waals surface area contributed by atoms with Crippen LogP contribution in [0.3, 0.4) is 0 Å². The molecule has 0 amide bonds. The molecule has 2 aromatic carbocycles. The molecule has 6 heteroatoms. The van der Waals surface area contributed by atoms with Gasteiger partial charge in [-0.15, -0.1) is 0 Å². The van der Waals surface area contributed by atoms with Gasteiger partial charge in [0.1, 0.15) is 5.75 Å². The zero-order valence-electron chi connectivity index (χ0n) is 19.0. The maximum Gasteiger partial charge on any atom is 1.00 e. The van der Waals surface area contributed by atoms with E-state index in [2.05, 4.69) is 12.1 Å². The molecule has 0 radical (unpaired) electrons. The fourth-order valence-corrected chi connectivity index (χ4v) is 6.20. The van der Waals surface area contributed by atoms with Gasteiger partial charge in [-0.25, -0.2) is 0 Å². The topological polar surface area (TPSA) is 35.5 Å². The molecule has 0 saturated heterocycles. The minimum Gasteiger partial charge on any atom is -1.00 e. The Labute approximate surface area is 215 Å². The number of hydrogen-bond acceptors (Lipinski definition) is 3. The summed E-state index contributed by atoms with van der Waals surface area (Å²) in [6, 6.07) is 10.1. The summed E-state index contributed by atoms with van der Waals surface area (Å²) >= 11 is 0. The molecule has 0 spiro atoms. The SMILES string of the molecule is COc1cc2ccccc2c(O[PH+]=O)c1C=C1C2CC3CC(C2)CC1C3.[H-].[H-].[Na+].[Na+]. The second-order valence-corrected chi connectivity index (χ2v) is 8.55. The average Bonchev–Trinajstić information content (AvgIpc) is 2.65. The van der Waals surface area contributed by atoms with Crippen molar-refractivity contribution in [2.75, 3.05) is 7.11 Å². The van der Waals surface area contributed by atoms with Crippen LogP contribution in [-0.2, 0) is 4.57 Å². The minimum absolute atomic E-state index is 0. The van der Waals surface area contributed by atoms with Gasteiger partial charge in [-0.1, -0.05) is 29.8 Å². The molecular weight excluding hydrogens is 389 g/mol. The van der Waals surface area contributed by atoms with E-state index < -0.39 is 8.69 Å². The molecular formula is C22H26Na2O3P+. The number of hydrogen-bond donors (Lipinski definition) is 0. The van der Waals surface area contributed by atoms with Crippen LogP contribution in [-0.4, -0.2) is 7.11 Å². The van der Waals surface area contributed by atoms with Crippen molar-refractivity contribution >= 4 is 25.5 Å². The van der Waals surface area contributed by atoms with Gasteiger partial charge < -0.3 is 7.59 Å². The van der Waals surface area contributed by atoms with Crippen molar-refractivity contribution in [2.45, 2.75) is 32.1 Å². The van der Waals surface area contributed by atoms with Crippen LogP contribution in [0.4, 0.5) is 0 Å². The largest absolute Gasteiger partial charge is 1.00 e. The van der Waals surface area contributed by atoms with Crippen LogP contribution in [0.15, 0.2) is 35.9 Å². The maximum atomic E-state index is 11.4. The fraction of sp³-hybridized carbons (Fsp3) is 0.455. The van der Waals surface area contributed by atoms with Crippen molar-refractivity contribution < 1.29 is 75.8 Å². The second-order valence-electron chi connectivity index (χ2n) is 8.18. The zero-order valence-corrected chi connectivity index (χ0v) is 22.0. The quantitative estimate of drug-likeness (QED) is 0.530. The van der Waals surface area contributed by atoms with Gasteiger partial charge in [0.05, 0.1) is 12.7 Å². The smallest absolute Gasteiger partial charge is 1.00 e. The van der Waals surface area contributed by atoms with Gasteiger partial charge in [-0.3, -0.25) is 4.52 Å². The van der Waals surface area contributed by atoms with E-state index in [-0.39, 0.29) is 62.0 Å². The van der Waals surface area contributed by atoms with Crippen molar-refractivity contribution in [2.24, 2.45) is 23.7 Å². The van der Waals surface area contributed by atoms with E-state index in [0.717, 1.165) is 33.9 Å². The van der Waals surface area contributed by atoms with Gasteiger partial charge in [-0.2, -0.15) is 0 Å². The molecule has 1 atom stereocenters. The molecule has 138 valence electrons. The Morgan fingerprint density at radius 1 is 1.04 bits per heavy atom. The average molecular weight is 415 g/mol. The summed E-state index contributed by atoms with van der Waals surface area (Å²) in [5.74, 6) is 4.79. The maximum absolute atomic E-state index is 11.4. The molecule has 0 N–H and O–H groups in total. The number of allylic oxidation sites excluding steroid dienone is 1. The van der Waals surface area contributed by atoms with Crippen LogP contribution in [0.1, 0.15) is 40.5 Å². The van der Waals surface area contributed by atoms with Crippen molar-refractivity contribution in [3.8, 4) is 11.5 Å². The predicted octanol–water partition coefficient (Wildman–Crippen LogP) is 0.239. The summed E-state index contributed by atoms with van der Waals surface area (Å²) in [7, 11) is 0.876. The fourth-order valence-electron chi connectivity index (χ4n) is 5.89. The van der Waals surface area contributed by atoms with Crippen molar-refractivity contribution in [1.29, 1.82) is 0 Å². The molecule has 0 aromatic heterocycles. The monoisotopic (exact) mass is 415 g/mol. The number of ether oxygens (including phenoxy) is 1. The van der Waals surface area contributed by atoms with Crippen LogP contribution in [0.5, 0.6) is 11.5 Å². The van der Waals surface area contributed by atoms with Gasteiger partial charge in [-0.05, 0) is 77.9 Å². The molecule has 4 saturated carbocycles. The third kappa shape index (κ3) is 4.02. The van der Waals surface area contributed by atoms with Crippen LogP contribution >= 0.6 is 8.69 Å². The first kappa shape index (κ1) is 22.8. The summed E-state index contributed by atoms with van der Waals surface area (Å²) in [5, 5.41) is 2.04. The Morgan fingerprint density at radius 3 is 2.29 bits per heavy atom. The van der Waals surface area contributed by atoms with E-state index in [9.17, 15) is 4.57 Å². The molecule has 4 aliphatic rings. The number of benzene rings is 2.